The minimum atomic E-state index is -0.807. The van der Waals surface area contributed by atoms with Gasteiger partial charge >= 0.3 is 5.97 Å². The van der Waals surface area contributed by atoms with Gasteiger partial charge < -0.3 is 20.3 Å². The van der Waals surface area contributed by atoms with E-state index in [1.165, 1.54) is 70.6 Å². The molecule has 0 bridgehead atoms. The van der Waals surface area contributed by atoms with Crippen LogP contribution < -0.4 is 5.32 Å². The van der Waals surface area contributed by atoms with E-state index in [1.54, 1.807) is 0 Å². The largest absolute Gasteiger partial charge is 0.462 e. The summed E-state index contributed by atoms with van der Waals surface area (Å²) in [6.45, 7) is 6.17. The quantitative estimate of drug-likeness (QED) is 0.0326. The molecule has 0 spiro atoms. The molecule has 6 heteroatoms. The molecular weight excluding hydrogens is 707 g/mol. The maximum Gasteiger partial charge on any atom is 0.306 e. The fourth-order valence-electron chi connectivity index (χ4n) is 6.62. The molecule has 1 amide bonds. The van der Waals surface area contributed by atoms with E-state index in [2.05, 4.69) is 68.6 Å². The summed E-state index contributed by atoms with van der Waals surface area (Å²) >= 11 is 0. The third-order valence-corrected chi connectivity index (χ3v) is 10.1. The van der Waals surface area contributed by atoms with Crippen molar-refractivity contribution in [1.82, 2.24) is 5.32 Å². The summed E-state index contributed by atoms with van der Waals surface area (Å²) in [5.74, 6) is -0.564. The average Bonchev–Trinajstić information content (AvgIpc) is 3.20. The molecule has 57 heavy (non-hydrogen) atoms. The lowest BCUT2D eigenvalue weighted by Gasteiger charge is -2.24. The Balaban J connectivity index is 4.66. The van der Waals surface area contributed by atoms with Gasteiger partial charge in [-0.25, -0.2) is 0 Å². The topological polar surface area (TPSA) is 95.9 Å². The summed E-state index contributed by atoms with van der Waals surface area (Å²) in [6, 6.07) is -0.724. The molecule has 0 fully saturated rings. The molecular formula is C51H87NO5. The van der Waals surface area contributed by atoms with Crippen molar-refractivity contribution in [2.75, 3.05) is 6.61 Å². The number of hydrogen-bond donors (Lipinski definition) is 3. The molecule has 0 aromatic rings. The highest BCUT2D eigenvalue weighted by atomic mass is 16.5. The summed E-state index contributed by atoms with van der Waals surface area (Å²) in [5, 5.41) is 23.7. The van der Waals surface area contributed by atoms with Crippen LogP contribution in [0.1, 0.15) is 201 Å². The second kappa shape index (κ2) is 44.1. The summed E-state index contributed by atoms with van der Waals surface area (Å²) in [7, 11) is 0. The predicted octanol–water partition coefficient (Wildman–Crippen LogP) is 13.6. The van der Waals surface area contributed by atoms with Gasteiger partial charge in [-0.15, -0.1) is 0 Å². The molecule has 3 N–H and O–H groups in total. The fourth-order valence-corrected chi connectivity index (χ4v) is 6.62. The molecule has 0 aliphatic heterocycles. The number of aliphatic hydroxyl groups is 2. The van der Waals surface area contributed by atoms with Crippen molar-refractivity contribution in [3.8, 4) is 0 Å². The lowest BCUT2D eigenvalue weighted by Crippen LogP contribution is -2.46. The van der Waals surface area contributed by atoms with Crippen LogP contribution in [-0.2, 0) is 14.3 Å². The van der Waals surface area contributed by atoms with Crippen molar-refractivity contribution in [1.29, 1.82) is 0 Å². The zero-order valence-corrected chi connectivity index (χ0v) is 36.9. The molecule has 0 aliphatic rings. The lowest BCUT2D eigenvalue weighted by molar-refractivity contribution is -0.151. The van der Waals surface area contributed by atoms with E-state index in [1.807, 2.05) is 42.5 Å². The first-order valence-electron chi connectivity index (χ1n) is 23.4. The van der Waals surface area contributed by atoms with Crippen LogP contribution >= 0.6 is 0 Å². The summed E-state index contributed by atoms with van der Waals surface area (Å²) in [5.41, 5.74) is 0. The van der Waals surface area contributed by atoms with Crippen LogP contribution in [0.3, 0.4) is 0 Å². The van der Waals surface area contributed by atoms with Gasteiger partial charge in [0, 0.05) is 6.42 Å². The number of ether oxygens (including phenoxy) is 1. The normalized spacial score (nSPS) is 14.1. The van der Waals surface area contributed by atoms with E-state index in [9.17, 15) is 19.8 Å². The molecule has 0 rings (SSSR count). The van der Waals surface area contributed by atoms with Gasteiger partial charge in [-0.3, -0.25) is 9.59 Å². The van der Waals surface area contributed by atoms with Crippen LogP contribution in [0.15, 0.2) is 85.1 Å². The minimum Gasteiger partial charge on any atom is -0.462 e. The molecule has 0 radical (unpaired) electrons. The number of nitrogens with one attached hydrogen (secondary N) is 1. The smallest absolute Gasteiger partial charge is 0.306 e. The highest BCUT2D eigenvalue weighted by molar-refractivity contribution is 5.77. The average molecular weight is 794 g/mol. The summed E-state index contributed by atoms with van der Waals surface area (Å²) in [6.07, 6.45) is 56.4. The first-order chi connectivity index (χ1) is 28.0. The predicted molar refractivity (Wildman–Crippen MR) is 245 cm³/mol. The Labute approximate surface area is 351 Å². The van der Waals surface area contributed by atoms with Gasteiger partial charge in [-0.1, -0.05) is 209 Å². The molecule has 0 aromatic heterocycles. The Bertz CT molecular complexity index is 1120. The fraction of sp³-hybridized carbons (Fsp3) is 0.686. The number of carbonyl (C=O) groups excluding carboxylic acids is 2. The molecule has 0 aliphatic carbocycles. The maximum absolute atomic E-state index is 13.1. The Morgan fingerprint density at radius 3 is 1.44 bits per heavy atom. The molecule has 3 atom stereocenters. The first kappa shape index (κ1) is 54.0. The van der Waals surface area contributed by atoms with Crippen molar-refractivity contribution < 1.29 is 24.5 Å². The van der Waals surface area contributed by atoms with Crippen molar-refractivity contribution in [2.24, 2.45) is 0 Å². The van der Waals surface area contributed by atoms with E-state index in [-0.39, 0.29) is 24.9 Å². The molecule has 6 nitrogen and oxygen atoms in total. The highest BCUT2D eigenvalue weighted by Crippen LogP contribution is 2.17. The Hall–Kier alpha value is -2.96. The van der Waals surface area contributed by atoms with Gasteiger partial charge in [0.2, 0.25) is 5.91 Å². The number of esters is 1. The van der Waals surface area contributed by atoms with Crippen molar-refractivity contribution >= 4 is 11.9 Å². The van der Waals surface area contributed by atoms with Crippen molar-refractivity contribution in [3.05, 3.63) is 85.1 Å². The number of amides is 1. The highest BCUT2D eigenvalue weighted by Gasteiger charge is 2.24. The van der Waals surface area contributed by atoms with E-state index < -0.39 is 18.2 Å². The van der Waals surface area contributed by atoms with Crippen LogP contribution in [0.2, 0.25) is 0 Å². The van der Waals surface area contributed by atoms with Crippen LogP contribution in [0.5, 0.6) is 0 Å². The summed E-state index contributed by atoms with van der Waals surface area (Å²) < 4.78 is 5.86. The summed E-state index contributed by atoms with van der Waals surface area (Å²) in [4.78, 5) is 26.0. The molecule has 3 unspecified atom stereocenters. The van der Waals surface area contributed by atoms with Gasteiger partial charge in [0.05, 0.1) is 25.2 Å². The second-order valence-electron chi connectivity index (χ2n) is 15.5. The van der Waals surface area contributed by atoms with Crippen LogP contribution in [0, 0.1) is 0 Å². The number of rotatable bonds is 40. The Morgan fingerprint density at radius 2 is 0.947 bits per heavy atom. The van der Waals surface area contributed by atoms with Gasteiger partial charge in [-0.05, 0) is 64.2 Å². The molecule has 326 valence electrons. The third kappa shape index (κ3) is 39.6. The third-order valence-electron chi connectivity index (χ3n) is 10.1. The van der Waals surface area contributed by atoms with E-state index in [0.717, 1.165) is 83.5 Å². The van der Waals surface area contributed by atoms with Crippen molar-refractivity contribution in [2.45, 2.75) is 219 Å². The molecule has 0 aromatic carbocycles. The van der Waals surface area contributed by atoms with Crippen molar-refractivity contribution in [3.63, 3.8) is 0 Å². The monoisotopic (exact) mass is 794 g/mol. The lowest BCUT2D eigenvalue weighted by atomic mass is 10.0. The van der Waals surface area contributed by atoms with Crippen LogP contribution in [0.4, 0.5) is 0 Å². The first-order valence-corrected chi connectivity index (χ1v) is 23.4. The molecule has 0 saturated heterocycles. The van der Waals surface area contributed by atoms with E-state index in [4.69, 9.17) is 4.74 Å². The number of hydrogen-bond acceptors (Lipinski definition) is 5. The van der Waals surface area contributed by atoms with Gasteiger partial charge in [0.25, 0.3) is 0 Å². The minimum absolute atomic E-state index is 0.0339. The van der Waals surface area contributed by atoms with Gasteiger partial charge in [0.15, 0.2) is 0 Å². The number of allylic oxidation sites excluding steroid dienone is 14. The van der Waals surface area contributed by atoms with Gasteiger partial charge in [-0.2, -0.15) is 0 Å². The maximum atomic E-state index is 13.1. The van der Waals surface area contributed by atoms with Crippen LogP contribution in [0.25, 0.3) is 0 Å². The van der Waals surface area contributed by atoms with Gasteiger partial charge in [0.1, 0.15) is 6.10 Å². The zero-order chi connectivity index (χ0) is 41.7. The number of carbonyl (C=O) groups is 2. The SMILES string of the molecule is CC/C=C/C=C/C=C\C=C/CCCCCC(=O)OC(CCCCC\C=C/C=C/C=C/CC)CC(=O)NC(CO)C(O)CCCCCCCCCCCCCCCC. The van der Waals surface area contributed by atoms with E-state index >= 15 is 0 Å². The molecule has 0 saturated carbocycles. The number of aliphatic hydroxyl groups excluding tert-OH is 2. The van der Waals surface area contributed by atoms with Crippen LogP contribution in [-0.4, -0.2) is 46.9 Å². The standard InChI is InChI=1S/C51H87NO5/c1-4-7-10-13-16-19-22-24-26-28-31-34-37-40-43-49(54)48(46-53)52-50(55)45-47(42-39-36-33-30-27-21-18-15-12-9-6-3)57-51(56)44-41-38-35-32-29-25-23-20-17-14-11-8-5-2/h8-9,11-12,14-15,17-18,20-21,23,25,27,29,47-49,53-54H,4-7,10,13,16,19,22,24,26,28,30-46H2,1-3H3,(H,52,55)/b11-8+,12-9+,17-14+,18-15+,23-20-,27-21-,29-25-. The Morgan fingerprint density at radius 1 is 0.526 bits per heavy atom. The number of unbranched alkanes of at least 4 members (excludes halogenated alkanes) is 19. The van der Waals surface area contributed by atoms with E-state index in [0.29, 0.717) is 19.3 Å². The Kier molecular flexibility index (Phi) is 41.9. The molecule has 0 heterocycles. The second-order valence-corrected chi connectivity index (χ2v) is 15.5. The zero-order valence-electron chi connectivity index (χ0n) is 36.9.